The number of carbonyl (C=O) groups is 1. The second-order valence-corrected chi connectivity index (χ2v) is 8.73. The molecule has 2 aliphatic rings. The van der Waals surface area contributed by atoms with E-state index in [4.69, 9.17) is 15.5 Å². The summed E-state index contributed by atoms with van der Waals surface area (Å²) in [6, 6.07) is 9.09. The van der Waals surface area contributed by atoms with Gasteiger partial charge in [0.1, 0.15) is 11.5 Å². The summed E-state index contributed by atoms with van der Waals surface area (Å²) >= 11 is 0. The van der Waals surface area contributed by atoms with Crippen LogP contribution in [0.1, 0.15) is 32.1 Å². The molecule has 0 bridgehead atoms. The lowest BCUT2D eigenvalue weighted by atomic mass is 9.95. The van der Waals surface area contributed by atoms with Crippen molar-refractivity contribution in [3.05, 3.63) is 42.9 Å². The van der Waals surface area contributed by atoms with Crippen molar-refractivity contribution in [3.8, 4) is 11.3 Å². The Morgan fingerprint density at radius 3 is 2.58 bits per heavy atom. The van der Waals surface area contributed by atoms with E-state index in [1.54, 1.807) is 4.57 Å². The van der Waals surface area contributed by atoms with Gasteiger partial charge >= 0.3 is 0 Å². The number of fused-ring (bicyclic) bond motifs is 1. The van der Waals surface area contributed by atoms with Gasteiger partial charge in [-0.05, 0) is 25.0 Å². The van der Waals surface area contributed by atoms with Crippen LogP contribution in [0.25, 0.3) is 16.9 Å². The lowest BCUT2D eigenvalue weighted by molar-refractivity contribution is -0.683. The molecule has 2 aromatic heterocycles. The number of morpholine rings is 1. The summed E-state index contributed by atoms with van der Waals surface area (Å²) in [5.74, 6) is 0.641. The first kappa shape index (κ1) is 23.7. The van der Waals surface area contributed by atoms with E-state index in [1.807, 2.05) is 18.6 Å². The third-order valence-corrected chi connectivity index (χ3v) is 6.43. The number of benzene rings is 1. The first-order chi connectivity index (χ1) is 15.7. The number of aromatic nitrogens is 3. The highest BCUT2D eigenvalue weighted by molar-refractivity contribution is 5.77. The molecule has 0 spiro atoms. The Bertz CT molecular complexity index is 1090. The Kier molecular flexibility index (Phi) is 7.69. The van der Waals surface area contributed by atoms with Crippen LogP contribution in [0, 0.1) is 0 Å². The highest BCUT2D eigenvalue weighted by Crippen LogP contribution is 2.32. The molecule has 2 fully saturated rings. The molecule has 3 aromatic rings. The van der Waals surface area contributed by atoms with Crippen LogP contribution in [-0.2, 0) is 16.1 Å². The quantitative estimate of drug-likeness (QED) is 0.309. The van der Waals surface area contributed by atoms with Gasteiger partial charge in [-0.3, -0.25) is 9.20 Å². The Labute approximate surface area is 211 Å². The third-order valence-electron chi connectivity index (χ3n) is 6.43. The molecule has 1 aliphatic heterocycles. The molecule has 1 amide bonds. The van der Waals surface area contributed by atoms with E-state index in [2.05, 4.69) is 38.9 Å². The number of hydrogen-bond donors (Lipinski definition) is 2. The summed E-state index contributed by atoms with van der Waals surface area (Å²) in [5, 5.41) is 3.78. The first-order valence-electron chi connectivity index (χ1n) is 11.6. The minimum absolute atomic E-state index is 0. The molecular formula is C24H31IN6O2. The fraction of sp³-hybridized carbons (Fsp3) is 0.458. The molecular weight excluding hydrogens is 531 g/mol. The third kappa shape index (κ3) is 5.40. The molecule has 0 radical (unpaired) electrons. The Hall–Kier alpha value is -2.40. The standard InChI is InChI=1S/C24H30N6O2.HI/c25-21(31)16-28-10-11-30-22(17-28)27-23(24(30)26-19-4-2-1-3-5-19)18-6-8-20(9-7-18)29-12-14-32-15-13-29;/h6-11,17,19H,1-5,12-16H2,(H2,25,31);1H. The molecule has 9 heteroatoms. The molecule has 3 N–H and O–H groups in total. The Morgan fingerprint density at radius 2 is 1.88 bits per heavy atom. The van der Waals surface area contributed by atoms with Crippen molar-refractivity contribution in [2.75, 3.05) is 36.5 Å². The van der Waals surface area contributed by atoms with Crippen LogP contribution >= 0.6 is 0 Å². The van der Waals surface area contributed by atoms with Crippen LogP contribution in [0.3, 0.4) is 0 Å². The minimum Gasteiger partial charge on any atom is -1.00 e. The van der Waals surface area contributed by atoms with E-state index in [9.17, 15) is 4.79 Å². The van der Waals surface area contributed by atoms with Crippen molar-refractivity contribution in [2.24, 2.45) is 5.73 Å². The maximum absolute atomic E-state index is 11.4. The number of carbonyl (C=O) groups excluding carboxylic acids is 1. The molecule has 1 saturated heterocycles. The molecule has 0 atom stereocenters. The Morgan fingerprint density at radius 1 is 1.15 bits per heavy atom. The summed E-state index contributed by atoms with van der Waals surface area (Å²) in [7, 11) is 0. The lowest BCUT2D eigenvalue weighted by Crippen LogP contribution is -3.00. The molecule has 33 heavy (non-hydrogen) atoms. The minimum atomic E-state index is -0.370. The number of anilines is 2. The van der Waals surface area contributed by atoms with Crippen LogP contribution in [0.2, 0.25) is 0 Å². The summed E-state index contributed by atoms with van der Waals surface area (Å²) in [6.07, 6.45) is 11.9. The SMILES string of the molecule is NC(=O)C[n+]1ccn2c(NC3CCCCC3)c(-c3ccc(N4CCOCC4)cc3)nc2c1.[I-]. The second kappa shape index (κ2) is 10.7. The van der Waals surface area contributed by atoms with Crippen molar-refractivity contribution in [1.29, 1.82) is 0 Å². The van der Waals surface area contributed by atoms with Crippen molar-refractivity contribution >= 4 is 23.1 Å². The van der Waals surface area contributed by atoms with Gasteiger partial charge in [0, 0.05) is 30.4 Å². The van der Waals surface area contributed by atoms with Gasteiger partial charge in [0.2, 0.25) is 18.4 Å². The van der Waals surface area contributed by atoms with Crippen LogP contribution in [0.4, 0.5) is 11.5 Å². The van der Waals surface area contributed by atoms with Crippen LogP contribution < -0.4 is 44.5 Å². The first-order valence-corrected chi connectivity index (χ1v) is 11.6. The molecule has 1 aromatic carbocycles. The number of ether oxygens (including phenoxy) is 1. The number of nitrogens with one attached hydrogen (secondary N) is 1. The number of nitrogens with zero attached hydrogens (tertiary/aromatic N) is 4. The van der Waals surface area contributed by atoms with Gasteiger partial charge in [0.05, 0.1) is 19.4 Å². The Balaban J connectivity index is 0.00000259. The number of rotatable bonds is 6. The van der Waals surface area contributed by atoms with Crippen LogP contribution in [-0.4, -0.2) is 47.6 Å². The average molecular weight is 562 g/mol. The maximum atomic E-state index is 11.4. The monoisotopic (exact) mass is 562 g/mol. The number of imidazole rings is 1. The topological polar surface area (TPSA) is 88.8 Å². The van der Waals surface area contributed by atoms with Crippen molar-refractivity contribution in [3.63, 3.8) is 0 Å². The zero-order valence-electron chi connectivity index (χ0n) is 18.8. The van der Waals surface area contributed by atoms with E-state index < -0.39 is 0 Å². The second-order valence-electron chi connectivity index (χ2n) is 8.73. The number of primary amides is 1. The van der Waals surface area contributed by atoms with Crippen LogP contribution in [0.5, 0.6) is 0 Å². The highest BCUT2D eigenvalue weighted by atomic mass is 127. The molecule has 0 unspecified atom stereocenters. The largest absolute Gasteiger partial charge is 1.00 e. The van der Waals surface area contributed by atoms with Gasteiger partial charge in [0.25, 0.3) is 5.91 Å². The molecule has 3 heterocycles. The smallest absolute Gasteiger partial charge is 0.283 e. The molecule has 176 valence electrons. The molecule has 5 rings (SSSR count). The fourth-order valence-electron chi connectivity index (χ4n) is 4.75. The number of amides is 1. The predicted molar refractivity (Wildman–Crippen MR) is 124 cm³/mol. The zero-order chi connectivity index (χ0) is 21.9. The van der Waals surface area contributed by atoms with E-state index in [0.29, 0.717) is 6.04 Å². The normalized spacial score (nSPS) is 17.0. The van der Waals surface area contributed by atoms with E-state index in [0.717, 1.165) is 49.0 Å². The number of halogens is 1. The molecule has 1 saturated carbocycles. The van der Waals surface area contributed by atoms with E-state index in [-0.39, 0.29) is 36.4 Å². The maximum Gasteiger partial charge on any atom is 0.283 e. The predicted octanol–water partition coefficient (Wildman–Crippen LogP) is -0.641. The fourth-order valence-corrected chi connectivity index (χ4v) is 4.75. The van der Waals surface area contributed by atoms with Gasteiger partial charge in [-0.15, -0.1) is 0 Å². The van der Waals surface area contributed by atoms with Gasteiger partial charge in [-0.25, -0.2) is 4.98 Å². The zero-order valence-corrected chi connectivity index (χ0v) is 20.9. The summed E-state index contributed by atoms with van der Waals surface area (Å²) < 4.78 is 9.33. The van der Waals surface area contributed by atoms with Gasteiger partial charge in [-0.2, -0.15) is 4.57 Å². The van der Waals surface area contributed by atoms with Crippen molar-refractivity contribution < 1.29 is 38.1 Å². The van der Waals surface area contributed by atoms with E-state index in [1.165, 1.54) is 37.8 Å². The van der Waals surface area contributed by atoms with Crippen molar-refractivity contribution in [2.45, 2.75) is 44.7 Å². The van der Waals surface area contributed by atoms with Gasteiger partial charge in [-0.1, -0.05) is 31.4 Å². The number of hydrogen-bond acceptors (Lipinski definition) is 5. The molecule has 8 nitrogen and oxygen atoms in total. The van der Waals surface area contributed by atoms with Gasteiger partial charge < -0.3 is 44.7 Å². The van der Waals surface area contributed by atoms with Gasteiger partial charge in [0.15, 0.2) is 6.20 Å². The van der Waals surface area contributed by atoms with Crippen LogP contribution in [0.15, 0.2) is 42.9 Å². The summed E-state index contributed by atoms with van der Waals surface area (Å²) in [4.78, 5) is 18.7. The highest BCUT2D eigenvalue weighted by Gasteiger charge is 2.22. The number of nitrogens with two attached hydrogens (primary N) is 1. The molecule has 1 aliphatic carbocycles. The lowest BCUT2D eigenvalue weighted by Gasteiger charge is -2.29. The average Bonchev–Trinajstić information content (AvgIpc) is 3.17. The van der Waals surface area contributed by atoms with E-state index >= 15 is 0 Å². The van der Waals surface area contributed by atoms with Crippen molar-refractivity contribution in [1.82, 2.24) is 9.38 Å². The summed E-state index contributed by atoms with van der Waals surface area (Å²) in [6.45, 7) is 3.52. The summed E-state index contributed by atoms with van der Waals surface area (Å²) in [5.41, 5.74) is 9.39.